The molecule has 2 rings (SSSR count). The second-order valence-electron chi connectivity index (χ2n) is 4.51. The van der Waals surface area contributed by atoms with E-state index in [1.807, 2.05) is 18.4 Å². The van der Waals surface area contributed by atoms with E-state index >= 15 is 0 Å². The molecule has 3 nitrogen and oxygen atoms in total. The summed E-state index contributed by atoms with van der Waals surface area (Å²) in [4.78, 5) is 12.7. The van der Waals surface area contributed by atoms with Crippen molar-refractivity contribution >= 4 is 17.7 Å². The Kier molecular flexibility index (Phi) is 5.42. The highest BCUT2D eigenvalue weighted by Gasteiger charge is 2.18. The normalized spacial score (nSPS) is 12.0. The first-order valence-electron chi connectivity index (χ1n) is 6.74. The van der Waals surface area contributed by atoms with Crippen LogP contribution in [0.3, 0.4) is 0 Å². The van der Waals surface area contributed by atoms with Gasteiger partial charge in [0.05, 0.1) is 6.61 Å². The van der Waals surface area contributed by atoms with E-state index in [-0.39, 0.29) is 6.61 Å². The Morgan fingerprint density at radius 3 is 2.10 bits per heavy atom. The van der Waals surface area contributed by atoms with Crippen molar-refractivity contribution in [2.75, 3.05) is 12.9 Å². The summed E-state index contributed by atoms with van der Waals surface area (Å²) in [5.41, 5.74) is 2.69. The lowest BCUT2D eigenvalue weighted by atomic mass is 10.0. The average molecular weight is 302 g/mol. The van der Waals surface area contributed by atoms with E-state index in [4.69, 9.17) is 4.74 Å². The van der Waals surface area contributed by atoms with Crippen LogP contribution in [0.25, 0.3) is 11.1 Å². The van der Waals surface area contributed by atoms with Gasteiger partial charge >= 0.3 is 5.97 Å². The standard InChI is InChI=1S/C17H18O3S/c1-3-20-17(19)16(18)14-6-4-12(5-7-14)13-8-10-15(21-2)11-9-13/h4-11,16,18H,3H2,1-2H3. The van der Waals surface area contributed by atoms with Gasteiger partial charge in [-0.2, -0.15) is 0 Å². The van der Waals surface area contributed by atoms with Crippen LogP contribution in [0, 0.1) is 0 Å². The number of rotatable bonds is 5. The summed E-state index contributed by atoms with van der Waals surface area (Å²) in [6, 6.07) is 15.5. The number of esters is 1. The van der Waals surface area contributed by atoms with E-state index in [1.165, 1.54) is 4.90 Å². The third kappa shape index (κ3) is 3.86. The van der Waals surface area contributed by atoms with Crippen LogP contribution in [0.5, 0.6) is 0 Å². The average Bonchev–Trinajstić information content (AvgIpc) is 2.54. The highest BCUT2D eigenvalue weighted by Crippen LogP contribution is 2.25. The molecule has 0 spiro atoms. The number of ether oxygens (including phenoxy) is 1. The molecule has 21 heavy (non-hydrogen) atoms. The lowest BCUT2D eigenvalue weighted by Gasteiger charge is -2.10. The Morgan fingerprint density at radius 1 is 1.10 bits per heavy atom. The Bertz CT molecular complexity index is 590. The lowest BCUT2D eigenvalue weighted by Crippen LogP contribution is -2.15. The molecular formula is C17H18O3S. The van der Waals surface area contributed by atoms with Crippen molar-refractivity contribution in [1.29, 1.82) is 0 Å². The number of aliphatic hydroxyl groups is 1. The zero-order valence-corrected chi connectivity index (χ0v) is 12.9. The van der Waals surface area contributed by atoms with Crippen LogP contribution in [0.2, 0.25) is 0 Å². The molecule has 0 aliphatic heterocycles. The summed E-state index contributed by atoms with van der Waals surface area (Å²) in [6.45, 7) is 1.97. The van der Waals surface area contributed by atoms with Gasteiger partial charge in [0.1, 0.15) is 0 Å². The largest absolute Gasteiger partial charge is 0.464 e. The van der Waals surface area contributed by atoms with Gasteiger partial charge in [0.15, 0.2) is 6.10 Å². The number of carbonyl (C=O) groups excluding carboxylic acids is 1. The van der Waals surface area contributed by atoms with E-state index in [0.29, 0.717) is 5.56 Å². The molecule has 0 fully saturated rings. The van der Waals surface area contributed by atoms with Crippen molar-refractivity contribution in [1.82, 2.24) is 0 Å². The van der Waals surface area contributed by atoms with Crippen molar-refractivity contribution in [3.8, 4) is 11.1 Å². The molecule has 0 saturated carbocycles. The van der Waals surface area contributed by atoms with Crippen molar-refractivity contribution in [3.05, 3.63) is 54.1 Å². The molecule has 1 unspecified atom stereocenters. The maximum atomic E-state index is 11.5. The van der Waals surface area contributed by atoms with Crippen molar-refractivity contribution in [2.45, 2.75) is 17.9 Å². The molecule has 0 bridgehead atoms. The van der Waals surface area contributed by atoms with E-state index in [0.717, 1.165) is 11.1 Å². The molecule has 1 N–H and O–H groups in total. The Morgan fingerprint density at radius 2 is 1.62 bits per heavy atom. The summed E-state index contributed by atoms with van der Waals surface area (Å²) in [7, 11) is 0. The Balaban J connectivity index is 2.16. The summed E-state index contributed by atoms with van der Waals surface area (Å²) in [5.74, 6) is -0.616. The zero-order valence-electron chi connectivity index (χ0n) is 12.1. The van der Waals surface area contributed by atoms with Gasteiger partial charge in [0, 0.05) is 4.90 Å². The van der Waals surface area contributed by atoms with Gasteiger partial charge in [-0.3, -0.25) is 0 Å². The summed E-state index contributed by atoms with van der Waals surface area (Å²) in [5, 5.41) is 9.87. The topological polar surface area (TPSA) is 46.5 Å². The van der Waals surface area contributed by atoms with Crippen LogP contribution in [-0.2, 0) is 9.53 Å². The Labute approximate surface area is 129 Å². The van der Waals surface area contributed by atoms with Crippen LogP contribution in [0.1, 0.15) is 18.6 Å². The quantitative estimate of drug-likeness (QED) is 0.676. The highest BCUT2D eigenvalue weighted by atomic mass is 32.2. The van der Waals surface area contributed by atoms with Gasteiger partial charge in [0.25, 0.3) is 0 Å². The molecular weight excluding hydrogens is 284 g/mol. The van der Waals surface area contributed by atoms with Crippen molar-refractivity contribution in [3.63, 3.8) is 0 Å². The van der Waals surface area contributed by atoms with E-state index < -0.39 is 12.1 Å². The predicted molar refractivity (Wildman–Crippen MR) is 85.3 cm³/mol. The van der Waals surface area contributed by atoms with E-state index in [2.05, 4.69) is 24.3 Å². The molecule has 0 aliphatic carbocycles. The minimum atomic E-state index is -1.22. The molecule has 1 atom stereocenters. The van der Waals surface area contributed by atoms with Gasteiger partial charge in [-0.15, -0.1) is 11.8 Å². The molecule has 0 saturated heterocycles. The van der Waals surface area contributed by atoms with Gasteiger partial charge in [-0.1, -0.05) is 36.4 Å². The van der Waals surface area contributed by atoms with Crippen molar-refractivity contribution in [2.24, 2.45) is 0 Å². The Hall–Kier alpha value is -1.78. The van der Waals surface area contributed by atoms with Gasteiger partial charge in [0.2, 0.25) is 0 Å². The molecule has 4 heteroatoms. The van der Waals surface area contributed by atoms with E-state index in [1.54, 1.807) is 30.8 Å². The summed E-state index contributed by atoms with van der Waals surface area (Å²) >= 11 is 1.70. The van der Waals surface area contributed by atoms with Crippen LogP contribution < -0.4 is 0 Å². The number of benzene rings is 2. The lowest BCUT2D eigenvalue weighted by molar-refractivity contribution is -0.153. The predicted octanol–water partition coefficient (Wildman–Crippen LogP) is 3.67. The van der Waals surface area contributed by atoms with Crippen LogP contribution in [0.4, 0.5) is 0 Å². The number of hydrogen-bond acceptors (Lipinski definition) is 4. The van der Waals surface area contributed by atoms with Gasteiger partial charge < -0.3 is 9.84 Å². The van der Waals surface area contributed by atoms with Gasteiger partial charge in [-0.05, 0) is 42.0 Å². The van der Waals surface area contributed by atoms with E-state index in [9.17, 15) is 9.90 Å². The number of aliphatic hydroxyl groups excluding tert-OH is 1. The minimum absolute atomic E-state index is 0.260. The third-order valence-corrected chi connectivity index (χ3v) is 3.90. The fraction of sp³-hybridized carbons (Fsp3) is 0.235. The molecule has 110 valence electrons. The van der Waals surface area contributed by atoms with Crippen LogP contribution in [-0.4, -0.2) is 23.9 Å². The van der Waals surface area contributed by atoms with Gasteiger partial charge in [-0.25, -0.2) is 4.79 Å². The molecule has 0 aliphatic rings. The molecule has 0 heterocycles. The number of thioether (sulfide) groups is 1. The fourth-order valence-electron chi connectivity index (χ4n) is 2.00. The smallest absolute Gasteiger partial charge is 0.339 e. The minimum Gasteiger partial charge on any atom is -0.464 e. The molecule has 0 amide bonds. The maximum Gasteiger partial charge on any atom is 0.339 e. The summed E-state index contributed by atoms with van der Waals surface area (Å²) in [6.07, 6.45) is 0.818. The number of hydrogen-bond donors (Lipinski definition) is 1. The zero-order chi connectivity index (χ0) is 15.2. The first-order valence-corrected chi connectivity index (χ1v) is 7.97. The SMILES string of the molecule is CCOC(=O)C(O)c1ccc(-c2ccc(SC)cc2)cc1. The molecule has 0 aromatic heterocycles. The van der Waals surface area contributed by atoms with Crippen LogP contribution >= 0.6 is 11.8 Å². The highest BCUT2D eigenvalue weighted by molar-refractivity contribution is 7.98. The fourth-order valence-corrected chi connectivity index (χ4v) is 2.41. The first-order chi connectivity index (χ1) is 10.2. The molecule has 2 aromatic rings. The third-order valence-electron chi connectivity index (χ3n) is 3.16. The first kappa shape index (κ1) is 15.6. The number of carbonyl (C=O) groups is 1. The molecule has 0 radical (unpaired) electrons. The second-order valence-corrected chi connectivity index (χ2v) is 5.38. The van der Waals surface area contributed by atoms with Crippen LogP contribution in [0.15, 0.2) is 53.4 Å². The second kappa shape index (κ2) is 7.29. The maximum absolute atomic E-state index is 11.5. The van der Waals surface area contributed by atoms with Crippen molar-refractivity contribution < 1.29 is 14.6 Å². The monoisotopic (exact) mass is 302 g/mol. The molecule has 2 aromatic carbocycles. The summed E-state index contributed by atoms with van der Waals surface area (Å²) < 4.78 is 4.81.